The first-order valence-electron chi connectivity index (χ1n) is 7.84. The number of amides is 1. The van der Waals surface area contributed by atoms with Crippen LogP contribution >= 0.6 is 0 Å². The molecule has 0 aromatic rings. The Morgan fingerprint density at radius 2 is 1.94 bits per heavy atom. The van der Waals surface area contributed by atoms with Gasteiger partial charge in [0.2, 0.25) is 5.91 Å². The van der Waals surface area contributed by atoms with E-state index >= 15 is 0 Å². The molecule has 1 N–H and O–H groups in total. The van der Waals surface area contributed by atoms with E-state index in [1.54, 1.807) is 0 Å². The predicted molar refractivity (Wildman–Crippen MR) is 67.9 cm³/mol. The van der Waals surface area contributed by atoms with Crippen molar-refractivity contribution in [2.75, 3.05) is 6.54 Å². The molecule has 1 spiro atoms. The molecule has 0 radical (unpaired) electrons. The minimum absolute atomic E-state index is 0.155. The predicted octanol–water partition coefficient (Wildman–Crippen LogP) is 1.53. The van der Waals surface area contributed by atoms with Gasteiger partial charge in [0.15, 0.2) is 0 Å². The third-order valence-corrected chi connectivity index (χ3v) is 6.51. The summed E-state index contributed by atoms with van der Waals surface area (Å²) in [6.45, 7) is 1.04. The SMILES string of the molecule is O=C(C1CCCN1)N1C2C3CC4CC(C3)CC21C4. The fourth-order valence-corrected chi connectivity index (χ4v) is 6.20. The number of hydrogen-bond donors (Lipinski definition) is 1. The van der Waals surface area contributed by atoms with Crippen LogP contribution < -0.4 is 5.32 Å². The summed E-state index contributed by atoms with van der Waals surface area (Å²) in [5, 5.41) is 3.40. The topological polar surface area (TPSA) is 32.1 Å². The normalized spacial score (nSPS) is 55.8. The first kappa shape index (κ1) is 10.2. The standard InChI is InChI=1S/C15H22N2O/c18-14(12-2-1-3-16-12)17-13-11-5-9-4-10(6-11)8-15(13,17)7-9/h9-13,16H,1-8H2. The van der Waals surface area contributed by atoms with Crippen LogP contribution in [-0.2, 0) is 4.79 Å². The molecule has 4 bridgehead atoms. The minimum atomic E-state index is 0.155. The van der Waals surface area contributed by atoms with Gasteiger partial charge in [-0.15, -0.1) is 0 Å². The first-order valence-corrected chi connectivity index (χ1v) is 7.84. The zero-order chi connectivity index (χ0) is 11.9. The van der Waals surface area contributed by atoms with Crippen LogP contribution in [0.15, 0.2) is 0 Å². The summed E-state index contributed by atoms with van der Waals surface area (Å²) in [6.07, 6.45) is 9.22. The smallest absolute Gasteiger partial charge is 0.240 e. The van der Waals surface area contributed by atoms with Crippen molar-refractivity contribution in [1.82, 2.24) is 10.2 Å². The Labute approximate surface area is 108 Å². The van der Waals surface area contributed by atoms with Gasteiger partial charge in [-0.1, -0.05) is 0 Å². The van der Waals surface area contributed by atoms with Crippen LogP contribution in [0.1, 0.15) is 44.9 Å². The lowest BCUT2D eigenvalue weighted by molar-refractivity contribution is -0.129. The second-order valence-electron chi connectivity index (χ2n) is 7.51. The van der Waals surface area contributed by atoms with Gasteiger partial charge in [0.1, 0.15) is 0 Å². The molecule has 4 atom stereocenters. The number of hydrogen-bond acceptors (Lipinski definition) is 2. The molecule has 2 saturated heterocycles. The van der Waals surface area contributed by atoms with E-state index in [-0.39, 0.29) is 6.04 Å². The van der Waals surface area contributed by atoms with Gasteiger partial charge in [-0.3, -0.25) is 4.79 Å². The molecule has 18 heavy (non-hydrogen) atoms. The van der Waals surface area contributed by atoms with Gasteiger partial charge >= 0.3 is 0 Å². The lowest BCUT2D eigenvalue weighted by atomic mass is 9.56. The van der Waals surface area contributed by atoms with Gasteiger partial charge in [0, 0.05) is 0 Å². The summed E-state index contributed by atoms with van der Waals surface area (Å²) in [5.74, 6) is 3.22. The van der Waals surface area contributed by atoms with Gasteiger partial charge in [0.05, 0.1) is 17.6 Å². The van der Waals surface area contributed by atoms with Crippen molar-refractivity contribution in [2.45, 2.75) is 62.6 Å². The third kappa shape index (κ3) is 1.08. The quantitative estimate of drug-likeness (QED) is 0.712. The molecule has 6 rings (SSSR count). The molecule has 3 nitrogen and oxygen atoms in total. The van der Waals surface area contributed by atoms with E-state index in [1.165, 1.54) is 38.5 Å². The van der Waals surface area contributed by atoms with Gasteiger partial charge in [-0.25, -0.2) is 0 Å². The number of nitrogens with one attached hydrogen (secondary N) is 1. The minimum Gasteiger partial charge on any atom is -0.328 e. The molecule has 3 heteroatoms. The summed E-state index contributed by atoms with van der Waals surface area (Å²) in [5.41, 5.74) is 0.357. The number of carbonyl (C=O) groups is 1. The van der Waals surface area contributed by atoms with Crippen molar-refractivity contribution in [1.29, 1.82) is 0 Å². The van der Waals surface area contributed by atoms with Crippen LogP contribution in [0.2, 0.25) is 0 Å². The zero-order valence-corrected chi connectivity index (χ0v) is 10.9. The Morgan fingerprint density at radius 1 is 1.17 bits per heavy atom. The van der Waals surface area contributed by atoms with Crippen LogP contribution in [-0.4, -0.2) is 35.0 Å². The highest BCUT2D eigenvalue weighted by atomic mass is 16.2. The fraction of sp³-hybridized carbons (Fsp3) is 0.933. The fourth-order valence-electron chi connectivity index (χ4n) is 6.20. The Kier molecular flexibility index (Phi) is 1.77. The molecule has 6 aliphatic rings. The molecule has 2 aliphatic heterocycles. The molecule has 2 heterocycles. The van der Waals surface area contributed by atoms with E-state index in [1.807, 2.05) is 0 Å². The lowest BCUT2D eigenvalue weighted by Gasteiger charge is -2.47. The summed E-state index contributed by atoms with van der Waals surface area (Å²) < 4.78 is 0. The Hall–Kier alpha value is -0.570. The highest BCUT2D eigenvalue weighted by molar-refractivity contribution is 5.86. The van der Waals surface area contributed by atoms with Crippen molar-refractivity contribution >= 4 is 5.91 Å². The van der Waals surface area contributed by atoms with Crippen LogP contribution in [0.25, 0.3) is 0 Å². The average molecular weight is 246 g/mol. The maximum atomic E-state index is 12.7. The van der Waals surface area contributed by atoms with E-state index in [2.05, 4.69) is 10.2 Å². The van der Waals surface area contributed by atoms with Crippen LogP contribution in [0.5, 0.6) is 0 Å². The molecule has 0 aromatic heterocycles. The van der Waals surface area contributed by atoms with Crippen LogP contribution in [0.3, 0.4) is 0 Å². The maximum Gasteiger partial charge on any atom is 0.240 e. The molecule has 1 amide bonds. The van der Waals surface area contributed by atoms with Crippen molar-refractivity contribution < 1.29 is 4.79 Å². The highest BCUT2D eigenvalue weighted by Crippen LogP contribution is 2.68. The van der Waals surface area contributed by atoms with E-state index in [4.69, 9.17) is 0 Å². The molecule has 4 saturated carbocycles. The van der Waals surface area contributed by atoms with E-state index in [9.17, 15) is 4.79 Å². The summed E-state index contributed by atoms with van der Waals surface area (Å²) in [4.78, 5) is 15.0. The zero-order valence-electron chi connectivity index (χ0n) is 10.9. The maximum absolute atomic E-state index is 12.7. The number of rotatable bonds is 1. The van der Waals surface area contributed by atoms with Gasteiger partial charge in [-0.2, -0.15) is 0 Å². The van der Waals surface area contributed by atoms with Crippen molar-refractivity contribution in [3.63, 3.8) is 0 Å². The van der Waals surface area contributed by atoms with E-state index < -0.39 is 0 Å². The monoisotopic (exact) mass is 246 g/mol. The largest absolute Gasteiger partial charge is 0.328 e. The van der Waals surface area contributed by atoms with E-state index in [0.717, 1.165) is 30.7 Å². The van der Waals surface area contributed by atoms with Gasteiger partial charge < -0.3 is 10.2 Å². The lowest BCUT2D eigenvalue weighted by Crippen LogP contribution is -2.45. The van der Waals surface area contributed by atoms with Crippen molar-refractivity contribution in [2.24, 2.45) is 17.8 Å². The van der Waals surface area contributed by atoms with Crippen molar-refractivity contribution in [3.05, 3.63) is 0 Å². The summed E-state index contributed by atoms with van der Waals surface area (Å²) in [6, 6.07) is 0.808. The molecular weight excluding hydrogens is 224 g/mol. The van der Waals surface area contributed by atoms with E-state index in [0.29, 0.717) is 17.5 Å². The highest BCUT2D eigenvalue weighted by Gasteiger charge is 2.74. The Balaban J connectivity index is 1.45. The molecule has 98 valence electrons. The average Bonchev–Trinajstić information content (AvgIpc) is 2.73. The number of nitrogens with zero attached hydrogens (tertiary/aromatic N) is 1. The Morgan fingerprint density at radius 3 is 2.61 bits per heavy atom. The first-order chi connectivity index (χ1) is 8.78. The van der Waals surface area contributed by atoms with Gasteiger partial charge in [0.25, 0.3) is 0 Å². The Bertz CT molecular complexity index is 401. The molecular formula is C15H22N2O. The number of likely N-dealkylation sites (tertiary alicyclic amines) is 1. The molecule has 4 unspecified atom stereocenters. The van der Waals surface area contributed by atoms with Crippen LogP contribution in [0.4, 0.5) is 0 Å². The number of carbonyl (C=O) groups excluding carboxylic acids is 1. The van der Waals surface area contributed by atoms with Crippen LogP contribution in [0, 0.1) is 17.8 Å². The summed E-state index contributed by atoms with van der Waals surface area (Å²) >= 11 is 0. The molecule has 4 aliphatic carbocycles. The second-order valence-corrected chi connectivity index (χ2v) is 7.51. The second kappa shape index (κ2) is 3.12. The van der Waals surface area contributed by atoms with Crippen molar-refractivity contribution in [3.8, 4) is 0 Å². The third-order valence-electron chi connectivity index (χ3n) is 6.51. The molecule has 0 aromatic carbocycles. The summed E-state index contributed by atoms with van der Waals surface area (Å²) in [7, 11) is 0. The van der Waals surface area contributed by atoms with Gasteiger partial charge in [-0.05, 0) is 69.2 Å². The molecule has 6 fully saturated rings.